The van der Waals surface area contributed by atoms with Crippen LogP contribution in [0.25, 0.3) is 0 Å². The second kappa shape index (κ2) is 9.37. The molecule has 6 heteroatoms. The van der Waals surface area contributed by atoms with Gasteiger partial charge in [-0.1, -0.05) is 23.8 Å². The van der Waals surface area contributed by atoms with Gasteiger partial charge in [0.1, 0.15) is 0 Å². The van der Waals surface area contributed by atoms with E-state index in [9.17, 15) is 14.4 Å². The lowest BCUT2D eigenvalue weighted by Gasteiger charge is -2.18. The first-order valence-electron chi connectivity index (χ1n) is 9.82. The lowest BCUT2D eigenvalue weighted by molar-refractivity contribution is -0.136. The van der Waals surface area contributed by atoms with Gasteiger partial charge in [-0.25, -0.2) is 4.79 Å². The van der Waals surface area contributed by atoms with Crippen LogP contribution in [0.5, 0.6) is 0 Å². The molecular formula is C23H26N2O4. The molecule has 0 aliphatic heterocycles. The first-order valence-corrected chi connectivity index (χ1v) is 9.82. The summed E-state index contributed by atoms with van der Waals surface area (Å²) in [5, 5.41) is 2.73. The number of ether oxygens (including phenoxy) is 1. The normalized spacial score (nSPS) is 12.6. The summed E-state index contributed by atoms with van der Waals surface area (Å²) in [5.74, 6) is -1.27. The van der Waals surface area contributed by atoms with Crippen molar-refractivity contribution in [2.45, 2.75) is 32.6 Å². The molecule has 1 aliphatic carbocycles. The molecule has 0 bridgehead atoms. The molecule has 0 radical (unpaired) electrons. The molecule has 0 saturated heterocycles. The van der Waals surface area contributed by atoms with E-state index >= 15 is 0 Å². The van der Waals surface area contributed by atoms with E-state index in [0.717, 1.165) is 24.8 Å². The van der Waals surface area contributed by atoms with Gasteiger partial charge in [0.05, 0.1) is 12.1 Å². The van der Waals surface area contributed by atoms with Crippen molar-refractivity contribution < 1.29 is 19.1 Å². The van der Waals surface area contributed by atoms with Crippen LogP contribution >= 0.6 is 0 Å². The second-order valence-electron chi connectivity index (χ2n) is 7.43. The number of aryl methyl sites for hydroxylation is 3. The Labute approximate surface area is 170 Å². The van der Waals surface area contributed by atoms with Gasteiger partial charge in [0.2, 0.25) is 5.91 Å². The van der Waals surface area contributed by atoms with Crippen LogP contribution in [0.1, 0.15) is 39.9 Å². The second-order valence-corrected chi connectivity index (χ2v) is 7.43. The fourth-order valence-corrected chi connectivity index (χ4v) is 3.32. The highest BCUT2D eigenvalue weighted by Gasteiger charge is 2.17. The number of carbonyl (C=O) groups excluding carboxylic acids is 3. The Balaban J connectivity index is 1.47. The number of nitrogens with one attached hydrogen (secondary N) is 1. The Morgan fingerprint density at radius 1 is 1.00 bits per heavy atom. The molecule has 0 spiro atoms. The summed E-state index contributed by atoms with van der Waals surface area (Å²) in [5.41, 5.74) is 4.68. The van der Waals surface area contributed by atoms with E-state index in [1.54, 1.807) is 18.2 Å². The van der Waals surface area contributed by atoms with Crippen molar-refractivity contribution in [3.63, 3.8) is 0 Å². The van der Waals surface area contributed by atoms with Crippen LogP contribution in [0.4, 0.5) is 5.69 Å². The van der Waals surface area contributed by atoms with Crippen LogP contribution < -0.4 is 5.32 Å². The summed E-state index contributed by atoms with van der Waals surface area (Å²) in [6.45, 7) is 1.44. The number of rotatable bonds is 6. The smallest absolute Gasteiger partial charge is 0.338 e. The number of fused-ring (bicyclic) bond motifs is 1. The van der Waals surface area contributed by atoms with Gasteiger partial charge in [-0.2, -0.15) is 0 Å². The number of hydrogen-bond donors (Lipinski definition) is 1. The number of anilines is 1. The fraction of sp³-hybridized carbons (Fsp3) is 0.348. The Bertz CT molecular complexity index is 906. The maximum absolute atomic E-state index is 12.3. The number of carbonyl (C=O) groups is 3. The highest BCUT2D eigenvalue weighted by molar-refractivity contribution is 5.95. The van der Waals surface area contributed by atoms with Gasteiger partial charge in [-0.15, -0.1) is 0 Å². The van der Waals surface area contributed by atoms with Crippen LogP contribution in [0.15, 0.2) is 42.5 Å². The number of amides is 2. The van der Waals surface area contributed by atoms with Crippen molar-refractivity contribution in [2.75, 3.05) is 25.5 Å². The maximum atomic E-state index is 12.3. The Morgan fingerprint density at radius 2 is 1.69 bits per heavy atom. The Morgan fingerprint density at radius 3 is 2.41 bits per heavy atom. The van der Waals surface area contributed by atoms with E-state index in [4.69, 9.17) is 4.74 Å². The molecule has 1 aliphatic rings. The highest BCUT2D eigenvalue weighted by Crippen LogP contribution is 2.22. The SMILES string of the molecule is Cc1ccc(NC(=O)CN(C)C(=O)COC(=O)c2ccc3c(c2)CCCC3)cc1. The van der Waals surface area contributed by atoms with E-state index in [0.29, 0.717) is 11.3 Å². The molecule has 0 fully saturated rings. The van der Waals surface area contributed by atoms with Crippen molar-refractivity contribution in [1.82, 2.24) is 4.90 Å². The molecule has 0 heterocycles. The van der Waals surface area contributed by atoms with Gasteiger partial charge in [0, 0.05) is 12.7 Å². The summed E-state index contributed by atoms with van der Waals surface area (Å²) in [6.07, 6.45) is 4.31. The lowest BCUT2D eigenvalue weighted by Crippen LogP contribution is -2.37. The van der Waals surface area contributed by atoms with Crippen molar-refractivity contribution in [3.8, 4) is 0 Å². The molecule has 3 rings (SSSR count). The minimum atomic E-state index is -0.524. The third kappa shape index (κ3) is 5.67. The molecule has 0 saturated carbocycles. The van der Waals surface area contributed by atoms with E-state index in [1.807, 2.05) is 31.2 Å². The first-order chi connectivity index (χ1) is 13.9. The average Bonchev–Trinajstić information content (AvgIpc) is 2.72. The van der Waals surface area contributed by atoms with Crippen molar-refractivity contribution in [2.24, 2.45) is 0 Å². The summed E-state index contributed by atoms with van der Waals surface area (Å²) >= 11 is 0. The average molecular weight is 394 g/mol. The number of hydrogen-bond acceptors (Lipinski definition) is 4. The van der Waals surface area contributed by atoms with E-state index in [1.165, 1.54) is 29.5 Å². The van der Waals surface area contributed by atoms with Crippen LogP contribution in [-0.4, -0.2) is 42.9 Å². The minimum absolute atomic E-state index is 0.122. The van der Waals surface area contributed by atoms with Crippen LogP contribution in [0.2, 0.25) is 0 Å². The summed E-state index contributed by atoms with van der Waals surface area (Å²) < 4.78 is 5.15. The summed E-state index contributed by atoms with van der Waals surface area (Å²) in [7, 11) is 1.50. The topological polar surface area (TPSA) is 75.7 Å². The Kier molecular flexibility index (Phi) is 6.65. The van der Waals surface area contributed by atoms with Crippen LogP contribution in [0, 0.1) is 6.92 Å². The van der Waals surface area contributed by atoms with Gasteiger partial charge < -0.3 is 15.0 Å². The zero-order valence-corrected chi connectivity index (χ0v) is 16.9. The zero-order valence-electron chi connectivity index (χ0n) is 16.9. The largest absolute Gasteiger partial charge is 0.452 e. The minimum Gasteiger partial charge on any atom is -0.452 e. The van der Waals surface area contributed by atoms with E-state index in [2.05, 4.69) is 5.32 Å². The highest BCUT2D eigenvalue weighted by atomic mass is 16.5. The lowest BCUT2D eigenvalue weighted by atomic mass is 9.90. The monoisotopic (exact) mass is 394 g/mol. The number of esters is 1. The molecule has 0 unspecified atom stereocenters. The molecule has 2 aromatic carbocycles. The molecule has 6 nitrogen and oxygen atoms in total. The third-order valence-electron chi connectivity index (χ3n) is 5.05. The Hall–Kier alpha value is -3.15. The predicted molar refractivity (Wildman–Crippen MR) is 111 cm³/mol. The molecular weight excluding hydrogens is 368 g/mol. The molecule has 2 amide bonds. The van der Waals surface area contributed by atoms with Crippen molar-refractivity contribution in [3.05, 3.63) is 64.7 Å². The van der Waals surface area contributed by atoms with E-state index in [-0.39, 0.29) is 12.5 Å². The number of benzene rings is 2. The van der Waals surface area contributed by atoms with Crippen LogP contribution in [0.3, 0.4) is 0 Å². The summed E-state index contributed by atoms with van der Waals surface area (Å²) in [4.78, 5) is 37.8. The molecule has 152 valence electrons. The fourth-order valence-electron chi connectivity index (χ4n) is 3.32. The van der Waals surface area contributed by atoms with Crippen molar-refractivity contribution in [1.29, 1.82) is 0 Å². The molecule has 0 aromatic heterocycles. The van der Waals surface area contributed by atoms with E-state index < -0.39 is 18.5 Å². The maximum Gasteiger partial charge on any atom is 0.338 e. The summed E-state index contributed by atoms with van der Waals surface area (Å²) in [6, 6.07) is 13.0. The van der Waals surface area contributed by atoms with Gasteiger partial charge in [0.25, 0.3) is 5.91 Å². The number of nitrogens with zero attached hydrogens (tertiary/aromatic N) is 1. The zero-order chi connectivity index (χ0) is 20.8. The first kappa shape index (κ1) is 20.6. The van der Waals surface area contributed by atoms with Crippen molar-refractivity contribution >= 4 is 23.5 Å². The van der Waals surface area contributed by atoms with Gasteiger partial charge in [-0.3, -0.25) is 9.59 Å². The van der Waals surface area contributed by atoms with Gasteiger partial charge in [0.15, 0.2) is 6.61 Å². The molecule has 0 atom stereocenters. The molecule has 1 N–H and O–H groups in total. The third-order valence-corrected chi connectivity index (χ3v) is 5.05. The predicted octanol–water partition coefficient (Wildman–Crippen LogP) is 3.13. The standard InChI is InChI=1S/C23H26N2O4/c1-16-7-11-20(12-8-16)24-21(26)14-25(2)22(27)15-29-23(28)19-10-9-17-5-3-4-6-18(17)13-19/h7-13H,3-6,14-15H2,1-2H3,(H,24,26). The van der Waals surface area contributed by atoms with Gasteiger partial charge >= 0.3 is 5.97 Å². The molecule has 29 heavy (non-hydrogen) atoms. The van der Waals surface area contributed by atoms with Crippen LogP contribution in [-0.2, 0) is 27.2 Å². The number of likely N-dealkylation sites (N-methyl/N-ethyl adjacent to an activating group) is 1. The van der Waals surface area contributed by atoms with Gasteiger partial charge in [-0.05, 0) is 68.0 Å². The quantitative estimate of drug-likeness (QED) is 0.764. The molecule has 2 aromatic rings.